The maximum absolute atomic E-state index is 6.11. The van der Waals surface area contributed by atoms with E-state index < -0.39 is 0 Å². The molecule has 0 atom stereocenters. The molecule has 0 saturated carbocycles. The molecule has 2 aromatic carbocycles. The highest BCUT2D eigenvalue weighted by atomic mass is 35.5. The van der Waals surface area contributed by atoms with Crippen molar-refractivity contribution in [3.63, 3.8) is 0 Å². The summed E-state index contributed by atoms with van der Waals surface area (Å²) in [4.78, 5) is 4.62. The number of methoxy groups -OCH3 is 1. The molecule has 0 N–H and O–H groups in total. The quantitative estimate of drug-likeness (QED) is 0.578. The third kappa shape index (κ3) is 3.49. The number of hydrogen-bond donors (Lipinski definition) is 0. The van der Waals surface area contributed by atoms with Crippen molar-refractivity contribution in [1.82, 2.24) is 4.98 Å². The topological polar surface area (TPSA) is 22.1 Å². The number of nitrogens with zero attached hydrogens (tertiary/aromatic N) is 1. The minimum absolute atomic E-state index is 0.597. The van der Waals surface area contributed by atoms with E-state index in [0.717, 1.165) is 28.1 Å². The van der Waals surface area contributed by atoms with Crippen molar-refractivity contribution in [1.29, 1.82) is 0 Å². The van der Waals surface area contributed by atoms with E-state index in [4.69, 9.17) is 27.9 Å². The molecule has 0 radical (unpaired) electrons. The number of aromatic nitrogens is 1. The first-order valence-electron chi connectivity index (χ1n) is 7.15. The lowest BCUT2D eigenvalue weighted by Crippen LogP contribution is -1.91. The molecule has 3 rings (SSSR count). The van der Waals surface area contributed by atoms with Crippen molar-refractivity contribution in [3.8, 4) is 28.1 Å². The fourth-order valence-corrected chi connectivity index (χ4v) is 2.76. The molecular formula is C19H15Cl2NO. The van der Waals surface area contributed by atoms with Crippen LogP contribution in [0.25, 0.3) is 22.4 Å². The molecule has 116 valence electrons. The molecule has 0 fully saturated rings. The highest BCUT2D eigenvalue weighted by molar-refractivity contribution is 6.32. The summed E-state index contributed by atoms with van der Waals surface area (Å²) >= 11 is 12.1. The number of aryl methyl sites for hydroxylation is 1. The SMILES string of the molecule is COc1cc(-c2cc(C)nc(-c3ccc(Cl)cc3)c2)ccc1Cl. The predicted molar refractivity (Wildman–Crippen MR) is 96.4 cm³/mol. The van der Waals surface area contributed by atoms with Gasteiger partial charge in [-0.25, -0.2) is 0 Å². The summed E-state index contributed by atoms with van der Waals surface area (Å²) in [5.74, 6) is 0.659. The zero-order valence-corrected chi connectivity index (χ0v) is 14.3. The summed E-state index contributed by atoms with van der Waals surface area (Å²) in [7, 11) is 1.61. The summed E-state index contributed by atoms with van der Waals surface area (Å²) in [5, 5.41) is 1.31. The summed E-state index contributed by atoms with van der Waals surface area (Å²) in [6, 6.07) is 17.5. The van der Waals surface area contributed by atoms with Crippen molar-refractivity contribution >= 4 is 23.2 Å². The van der Waals surface area contributed by atoms with Crippen LogP contribution in [0.15, 0.2) is 54.6 Å². The van der Waals surface area contributed by atoms with Crippen LogP contribution in [-0.2, 0) is 0 Å². The van der Waals surface area contributed by atoms with Gasteiger partial charge in [-0.1, -0.05) is 41.4 Å². The van der Waals surface area contributed by atoms with E-state index >= 15 is 0 Å². The third-order valence-electron chi connectivity index (χ3n) is 3.58. The molecule has 2 nitrogen and oxygen atoms in total. The summed E-state index contributed by atoms with van der Waals surface area (Å²) in [5.41, 5.74) is 4.98. The minimum Gasteiger partial charge on any atom is -0.495 e. The molecule has 0 unspecified atom stereocenters. The highest BCUT2D eigenvalue weighted by Crippen LogP contribution is 2.32. The number of pyridine rings is 1. The normalized spacial score (nSPS) is 10.6. The van der Waals surface area contributed by atoms with Crippen LogP contribution >= 0.6 is 23.2 Å². The minimum atomic E-state index is 0.597. The van der Waals surface area contributed by atoms with Crippen molar-refractivity contribution in [2.24, 2.45) is 0 Å². The van der Waals surface area contributed by atoms with Crippen LogP contribution in [0.2, 0.25) is 10.0 Å². The molecule has 3 aromatic rings. The van der Waals surface area contributed by atoms with Crippen LogP contribution < -0.4 is 4.74 Å². The Labute approximate surface area is 145 Å². The van der Waals surface area contributed by atoms with Crippen LogP contribution in [0.4, 0.5) is 0 Å². The van der Waals surface area contributed by atoms with Crippen LogP contribution in [-0.4, -0.2) is 12.1 Å². The average Bonchev–Trinajstić information content (AvgIpc) is 2.55. The summed E-state index contributed by atoms with van der Waals surface area (Å²) < 4.78 is 5.30. The highest BCUT2D eigenvalue weighted by Gasteiger charge is 2.08. The molecule has 0 spiro atoms. The first kappa shape index (κ1) is 15.9. The first-order chi connectivity index (χ1) is 11.1. The van der Waals surface area contributed by atoms with Gasteiger partial charge in [-0.2, -0.15) is 0 Å². The number of rotatable bonds is 3. The zero-order chi connectivity index (χ0) is 16.4. The van der Waals surface area contributed by atoms with Gasteiger partial charge in [0.15, 0.2) is 0 Å². The lowest BCUT2D eigenvalue weighted by Gasteiger charge is -2.10. The van der Waals surface area contributed by atoms with Gasteiger partial charge in [0.1, 0.15) is 5.75 Å². The molecule has 23 heavy (non-hydrogen) atoms. The van der Waals surface area contributed by atoms with Crippen LogP contribution in [0.5, 0.6) is 5.75 Å². The Hall–Kier alpha value is -2.03. The standard InChI is InChI=1S/C19H15Cl2NO/c1-12-9-15(14-5-8-17(21)19(11-14)23-2)10-18(22-12)13-3-6-16(20)7-4-13/h3-11H,1-2H3. The number of benzene rings is 2. The van der Waals surface area contributed by atoms with Crippen LogP contribution in [0, 0.1) is 6.92 Å². The maximum Gasteiger partial charge on any atom is 0.138 e. The molecule has 1 heterocycles. The predicted octanol–water partition coefficient (Wildman–Crippen LogP) is 6.04. The van der Waals surface area contributed by atoms with Gasteiger partial charge in [-0.3, -0.25) is 4.98 Å². The van der Waals surface area contributed by atoms with Crippen molar-refractivity contribution in [2.75, 3.05) is 7.11 Å². The summed E-state index contributed by atoms with van der Waals surface area (Å²) in [6.07, 6.45) is 0. The van der Waals surface area contributed by atoms with Gasteiger partial charge in [0.2, 0.25) is 0 Å². The Bertz CT molecular complexity index is 844. The molecule has 0 bridgehead atoms. The van der Waals surface area contributed by atoms with Gasteiger partial charge in [0, 0.05) is 16.3 Å². The van der Waals surface area contributed by atoms with Gasteiger partial charge >= 0.3 is 0 Å². The fraction of sp³-hybridized carbons (Fsp3) is 0.105. The van der Waals surface area contributed by atoms with E-state index in [1.54, 1.807) is 7.11 Å². The van der Waals surface area contributed by atoms with Gasteiger partial charge in [-0.05, 0) is 54.4 Å². The Morgan fingerprint density at radius 3 is 2.22 bits per heavy atom. The maximum atomic E-state index is 6.11. The lowest BCUT2D eigenvalue weighted by atomic mass is 10.0. The lowest BCUT2D eigenvalue weighted by molar-refractivity contribution is 0.415. The molecule has 0 saturated heterocycles. The first-order valence-corrected chi connectivity index (χ1v) is 7.91. The monoisotopic (exact) mass is 343 g/mol. The molecule has 0 aliphatic heterocycles. The van der Waals surface area contributed by atoms with Crippen LogP contribution in [0.3, 0.4) is 0 Å². The fourth-order valence-electron chi connectivity index (χ4n) is 2.44. The van der Waals surface area contributed by atoms with Crippen molar-refractivity contribution in [2.45, 2.75) is 6.92 Å². The van der Waals surface area contributed by atoms with Crippen LogP contribution in [0.1, 0.15) is 5.69 Å². The van der Waals surface area contributed by atoms with E-state index in [0.29, 0.717) is 15.8 Å². The van der Waals surface area contributed by atoms with E-state index in [1.807, 2.05) is 55.5 Å². The Morgan fingerprint density at radius 1 is 0.826 bits per heavy atom. The van der Waals surface area contributed by atoms with E-state index in [2.05, 4.69) is 11.1 Å². The smallest absolute Gasteiger partial charge is 0.138 e. The molecular weight excluding hydrogens is 329 g/mol. The second-order valence-electron chi connectivity index (χ2n) is 5.24. The number of ether oxygens (including phenoxy) is 1. The molecule has 4 heteroatoms. The number of hydrogen-bond acceptors (Lipinski definition) is 2. The average molecular weight is 344 g/mol. The zero-order valence-electron chi connectivity index (χ0n) is 12.8. The van der Waals surface area contributed by atoms with Gasteiger partial charge in [0.25, 0.3) is 0 Å². The van der Waals surface area contributed by atoms with Gasteiger partial charge in [-0.15, -0.1) is 0 Å². The second-order valence-corrected chi connectivity index (χ2v) is 6.08. The number of halogens is 2. The Kier molecular flexibility index (Phi) is 4.56. The van der Waals surface area contributed by atoms with Gasteiger partial charge < -0.3 is 4.74 Å². The molecule has 0 aliphatic carbocycles. The largest absolute Gasteiger partial charge is 0.495 e. The molecule has 1 aromatic heterocycles. The summed E-state index contributed by atoms with van der Waals surface area (Å²) in [6.45, 7) is 1.98. The molecule has 0 amide bonds. The Morgan fingerprint density at radius 2 is 1.52 bits per heavy atom. The van der Waals surface area contributed by atoms with Crippen molar-refractivity contribution < 1.29 is 4.74 Å². The molecule has 0 aliphatic rings. The Balaban J connectivity index is 2.09. The van der Waals surface area contributed by atoms with E-state index in [-0.39, 0.29) is 0 Å². The van der Waals surface area contributed by atoms with Crippen molar-refractivity contribution in [3.05, 3.63) is 70.3 Å². The van der Waals surface area contributed by atoms with Gasteiger partial charge in [0.05, 0.1) is 17.8 Å². The van der Waals surface area contributed by atoms with E-state index in [1.165, 1.54) is 0 Å². The third-order valence-corrected chi connectivity index (χ3v) is 4.14. The second kappa shape index (κ2) is 6.61. The van der Waals surface area contributed by atoms with E-state index in [9.17, 15) is 0 Å².